The predicted molar refractivity (Wildman–Crippen MR) is 119 cm³/mol. The number of hydrogen-bond acceptors (Lipinski definition) is 6. The molecule has 1 aliphatic rings. The van der Waals surface area contributed by atoms with Crippen molar-refractivity contribution >= 4 is 21.6 Å². The average Bonchev–Trinajstić information content (AvgIpc) is 2.78. The maximum absolute atomic E-state index is 12.8. The van der Waals surface area contributed by atoms with Crippen LogP contribution in [0.15, 0.2) is 53.4 Å². The lowest BCUT2D eigenvalue weighted by molar-refractivity contribution is -0.00923. The van der Waals surface area contributed by atoms with E-state index < -0.39 is 10.0 Å². The van der Waals surface area contributed by atoms with E-state index in [0.717, 1.165) is 13.1 Å². The Morgan fingerprint density at radius 3 is 2.45 bits per heavy atom. The number of methoxy groups -OCH3 is 1. The minimum absolute atomic E-state index is 0.0170. The fourth-order valence-electron chi connectivity index (χ4n) is 3.36. The number of rotatable bonds is 8. The number of carbonyl (C=O) groups excluding carboxylic acids is 1. The zero-order chi connectivity index (χ0) is 22.5. The molecule has 2 aromatic carbocycles. The minimum atomic E-state index is -3.84. The summed E-state index contributed by atoms with van der Waals surface area (Å²) in [5.41, 5.74) is 0.456. The number of sulfonamides is 1. The Balaban J connectivity index is 1.67. The second-order valence-corrected chi connectivity index (χ2v) is 9.64. The Morgan fingerprint density at radius 2 is 1.81 bits per heavy atom. The van der Waals surface area contributed by atoms with Gasteiger partial charge in [0.05, 0.1) is 25.2 Å². The highest BCUT2D eigenvalue weighted by Gasteiger charge is 2.28. The van der Waals surface area contributed by atoms with Gasteiger partial charge in [0.25, 0.3) is 15.9 Å². The van der Waals surface area contributed by atoms with Crippen LogP contribution < -0.4 is 14.8 Å². The number of benzene rings is 2. The molecule has 1 fully saturated rings. The zero-order valence-electron chi connectivity index (χ0n) is 18.1. The number of amides is 1. The summed E-state index contributed by atoms with van der Waals surface area (Å²) in [5.74, 6) is 0.310. The molecule has 0 atom stereocenters. The Labute approximate surface area is 183 Å². The molecule has 0 unspecified atom stereocenters. The van der Waals surface area contributed by atoms with Gasteiger partial charge in [-0.1, -0.05) is 6.07 Å². The van der Waals surface area contributed by atoms with Gasteiger partial charge in [0.15, 0.2) is 0 Å². The summed E-state index contributed by atoms with van der Waals surface area (Å²) in [4.78, 5) is 15.0. The monoisotopic (exact) mass is 447 g/mol. The van der Waals surface area contributed by atoms with Gasteiger partial charge in [0.1, 0.15) is 5.75 Å². The number of morpholine rings is 1. The van der Waals surface area contributed by atoms with E-state index in [1.165, 1.54) is 19.2 Å². The average molecular weight is 448 g/mol. The van der Waals surface area contributed by atoms with E-state index in [4.69, 9.17) is 9.47 Å². The molecule has 1 amide bonds. The highest BCUT2D eigenvalue weighted by molar-refractivity contribution is 7.92. The third-order valence-electron chi connectivity index (χ3n) is 5.30. The van der Waals surface area contributed by atoms with E-state index in [1.54, 1.807) is 36.4 Å². The van der Waals surface area contributed by atoms with Crippen molar-refractivity contribution in [2.45, 2.75) is 24.3 Å². The maximum atomic E-state index is 12.8. The molecule has 168 valence electrons. The third kappa shape index (κ3) is 5.96. The van der Waals surface area contributed by atoms with E-state index >= 15 is 0 Å². The molecule has 2 N–H and O–H groups in total. The molecule has 0 aliphatic carbocycles. The Hall–Kier alpha value is -2.62. The summed E-state index contributed by atoms with van der Waals surface area (Å²) in [5, 5.41) is 2.93. The van der Waals surface area contributed by atoms with Crippen LogP contribution >= 0.6 is 0 Å². The molecular formula is C22H29N3O5S. The van der Waals surface area contributed by atoms with Crippen LogP contribution in [0.25, 0.3) is 0 Å². The molecule has 2 aromatic rings. The SMILES string of the molecule is COc1ccc(NS(=O)(=O)c2cccc(C(=O)NCC(C)(C)N3CCOCC3)c2)cc1. The number of carbonyl (C=O) groups is 1. The van der Waals surface area contributed by atoms with Crippen LogP contribution in [0.4, 0.5) is 5.69 Å². The van der Waals surface area contributed by atoms with Crippen molar-refractivity contribution in [3.8, 4) is 5.75 Å². The van der Waals surface area contributed by atoms with Crippen molar-refractivity contribution < 1.29 is 22.7 Å². The molecular weight excluding hydrogens is 418 g/mol. The summed E-state index contributed by atoms with van der Waals surface area (Å²) in [6.07, 6.45) is 0. The van der Waals surface area contributed by atoms with Gasteiger partial charge in [-0.3, -0.25) is 14.4 Å². The molecule has 0 aromatic heterocycles. The number of nitrogens with one attached hydrogen (secondary N) is 2. The van der Waals surface area contributed by atoms with Crippen LogP contribution in [0.1, 0.15) is 24.2 Å². The minimum Gasteiger partial charge on any atom is -0.497 e. The van der Waals surface area contributed by atoms with Crippen molar-refractivity contribution in [2.75, 3.05) is 44.7 Å². The summed E-state index contributed by atoms with van der Waals surface area (Å²) in [6, 6.07) is 12.6. The first kappa shape index (κ1) is 23.1. The van der Waals surface area contributed by atoms with E-state index in [2.05, 4.69) is 28.8 Å². The van der Waals surface area contributed by atoms with Gasteiger partial charge in [-0.15, -0.1) is 0 Å². The molecule has 0 saturated carbocycles. The molecule has 0 spiro atoms. The van der Waals surface area contributed by atoms with Gasteiger partial charge in [-0.05, 0) is 56.3 Å². The first-order chi connectivity index (χ1) is 14.7. The lowest BCUT2D eigenvalue weighted by Crippen LogP contribution is -2.55. The van der Waals surface area contributed by atoms with Crippen molar-refractivity contribution in [2.24, 2.45) is 0 Å². The molecule has 0 radical (unpaired) electrons. The number of hydrogen-bond donors (Lipinski definition) is 2. The summed E-state index contributed by atoms with van der Waals surface area (Å²) < 4.78 is 38.5. The first-order valence-electron chi connectivity index (χ1n) is 10.1. The highest BCUT2D eigenvalue weighted by Crippen LogP contribution is 2.20. The molecule has 31 heavy (non-hydrogen) atoms. The van der Waals surface area contributed by atoms with Crippen LogP contribution in [0.5, 0.6) is 5.75 Å². The fourth-order valence-corrected chi connectivity index (χ4v) is 4.46. The van der Waals surface area contributed by atoms with Crippen molar-refractivity contribution in [3.05, 3.63) is 54.1 Å². The topological polar surface area (TPSA) is 97.0 Å². The van der Waals surface area contributed by atoms with Gasteiger partial charge in [-0.2, -0.15) is 0 Å². The second-order valence-electron chi connectivity index (χ2n) is 7.96. The Kier molecular flexibility index (Phi) is 7.19. The third-order valence-corrected chi connectivity index (χ3v) is 6.68. The molecule has 1 saturated heterocycles. The van der Waals surface area contributed by atoms with Crippen molar-refractivity contribution in [1.29, 1.82) is 0 Å². The largest absolute Gasteiger partial charge is 0.497 e. The second kappa shape index (κ2) is 9.67. The van der Waals surface area contributed by atoms with Crippen molar-refractivity contribution in [1.82, 2.24) is 10.2 Å². The lowest BCUT2D eigenvalue weighted by Gasteiger charge is -2.40. The highest BCUT2D eigenvalue weighted by atomic mass is 32.2. The van der Waals surface area contributed by atoms with Gasteiger partial charge < -0.3 is 14.8 Å². The lowest BCUT2D eigenvalue weighted by atomic mass is 10.0. The molecule has 0 bridgehead atoms. The number of ether oxygens (including phenoxy) is 2. The normalized spacial score (nSPS) is 15.3. The molecule has 8 nitrogen and oxygen atoms in total. The number of nitrogens with zero attached hydrogens (tertiary/aromatic N) is 1. The standard InChI is InChI=1S/C22H29N3O5S/c1-22(2,25-11-13-30-14-12-25)16-23-21(26)17-5-4-6-20(15-17)31(27,28)24-18-7-9-19(29-3)10-8-18/h4-10,15,24H,11-14,16H2,1-3H3,(H,23,26). The van der Waals surface area contributed by atoms with E-state index in [1.807, 2.05) is 0 Å². The predicted octanol–water partition coefficient (Wildman–Crippen LogP) is 2.34. The number of anilines is 1. The summed E-state index contributed by atoms with van der Waals surface area (Å²) in [6.45, 7) is 7.56. The maximum Gasteiger partial charge on any atom is 0.261 e. The van der Waals surface area contributed by atoms with Crippen LogP contribution in [0.2, 0.25) is 0 Å². The molecule has 3 rings (SSSR count). The Bertz CT molecular complexity index is 1000. The van der Waals surface area contributed by atoms with Gasteiger partial charge in [-0.25, -0.2) is 8.42 Å². The smallest absolute Gasteiger partial charge is 0.261 e. The van der Waals surface area contributed by atoms with E-state index in [-0.39, 0.29) is 21.9 Å². The van der Waals surface area contributed by atoms with Crippen LogP contribution in [0, 0.1) is 0 Å². The van der Waals surface area contributed by atoms with Gasteiger partial charge >= 0.3 is 0 Å². The first-order valence-corrected chi connectivity index (χ1v) is 11.6. The summed E-state index contributed by atoms with van der Waals surface area (Å²) >= 11 is 0. The van der Waals surface area contributed by atoms with E-state index in [9.17, 15) is 13.2 Å². The van der Waals surface area contributed by atoms with Gasteiger partial charge in [0.2, 0.25) is 0 Å². The van der Waals surface area contributed by atoms with Crippen molar-refractivity contribution in [3.63, 3.8) is 0 Å². The van der Waals surface area contributed by atoms with Crippen LogP contribution in [-0.4, -0.2) is 64.7 Å². The van der Waals surface area contributed by atoms with Gasteiger partial charge in [0, 0.05) is 36.4 Å². The fraction of sp³-hybridized carbons (Fsp3) is 0.409. The Morgan fingerprint density at radius 1 is 1.13 bits per heavy atom. The molecule has 9 heteroatoms. The zero-order valence-corrected chi connectivity index (χ0v) is 18.9. The van der Waals surface area contributed by atoms with Crippen LogP contribution in [0.3, 0.4) is 0 Å². The molecule has 1 heterocycles. The van der Waals surface area contributed by atoms with Crippen LogP contribution in [-0.2, 0) is 14.8 Å². The quantitative estimate of drug-likeness (QED) is 0.645. The summed E-state index contributed by atoms with van der Waals surface area (Å²) in [7, 11) is -2.30. The van der Waals surface area contributed by atoms with E-state index in [0.29, 0.717) is 31.2 Å². The molecule has 1 aliphatic heterocycles.